The van der Waals surface area contributed by atoms with Crippen LogP contribution in [-0.2, 0) is 11.0 Å². The van der Waals surface area contributed by atoms with Crippen LogP contribution in [0.4, 0.5) is 24.9 Å². The molecular formula is C18H21F3N4O2. The summed E-state index contributed by atoms with van der Waals surface area (Å²) >= 11 is 0. The van der Waals surface area contributed by atoms with Gasteiger partial charge in [0.15, 0.2) is 5.69 Å². The summed E-state index contributed by atoms with van der Waals surface area (Å²) in [4.78, 5) is 22.8. The highest BCUT2D eigenvalue weighted by molar-refractivity contribution is 5.70. The number of hydrogen-bond acceptors (Lipinski definition) is 5. The van der Waals surface area contributed by atoms with Crippen LogP contribution in [0.3, 0.4) is 0 Å². The molecule has 3 fully saturated rings. The Bertz CT molecular complexity index is 786. The van der Waals surface area contributed by atoms with E-state index in [9.17, 15) is 18.0 Å². The number of fused-ring (bicyclic) bond motifs is 1. The van der Waals surface area contributed by atoms with Gasteiger partial charge in [-0.25, -0.2) is 4.98 Å². The van der Waals surface area contributed by atoms with E-state index in [-0.39, 0.29) is 47.5 Å². The average molecular weight is 382 g/mol. The molecule has 1 aromatic heterocycles. The fourth-order valence-corrected chi connectivity index (χ4v) is 4.36. The molecular weight excluding hydrogens is 361 g/mol. The molecule has 0 bridgehead atoms. The molecule has 146 valence electrons. The Morgan fingerprint density at radius 1 is 1.33 bits per heavy atom. The number of rotatable bonds is 5. The molecule has 27 heavy (non-hydrogen) atoms. The zero-order valence-corrected chi connectivity index (χ0v) is 14.9. The summed E-state index contributed by atoms with van der Waals surface area (Å²) in [5.41, 5.74) is -1.06. The van der Waals surface area contributed by atoms with Crippen LogP contribution in [0.2, 0.25) is 0 Å². The van der Waals surface area contributed by atoms with Gasteiger partial charge in [-0.3, -0.25) is 4.79 Å². The Labute approximate surface area is 154 Å². The van der Waals surface area contributed by atoms with E-state index in [0.717, 1.165) is 6.42 Å². The number of aromatic nitrogens is 2. The van der Waals surface area contributed by atoms with Crippen molar-refractivity contribution in [2.75, 3.05) is 29.4 Å². The van der Waals surface area contributed by atoms with Crippen molar-refractivity contribution in [3.63, 3.8) is 0 Å². The highest BCUT2D eigenvalue weighted by Crippen LogP contribution is 2.54. The molecule has 9 heteroatoms. The summed E-state index contributed by atoms with van der Waals surface area (Å²) in [7, 11) is 0. The molecule has 4 atom stereocenters. The van der Waals surface area contributed by atoms with Gasteiger partial charge in [-0.2, -0.15) is 18.2 Å². The molecule has 0 spiro atoms. The molecule has 3 heterocycles. The molecule has 4 rings (SSSR count). The Morgan fingerprint density at radius 2 is 2.00 bits per heavy atom. The number of anilines is 2. The van der Waals surface area contributed by atoms with E-state index in [1.165, 1.54) is 6.08 Å². The average Bonchev–Trinajstić information content (AvgIpc) is 3.02. The monoisotopic (exact) mass is 382 g/mol. The Kier molecular flexibility index (Phi) is 4.08. The fourth-order valence-electron chi connectivity index (χ4n) is 4.36. The number of piperidine rings is 1. The van der Waals surface area contributed by atoms with Gasteiger partial charge in [0.1, 0.15) is 5.82 Å². The van der Waals surface area contributed by atoms with Gasteiger partial charge in [0.05, 0.1) is 0 Å². The molecule has 0 aromatic carbocycles. The lowest BCUT2D eigenvalue weighted by molar-refractivity contribution is -0.141. The van der Waals surface area contributed by atoms with E-state index in [1.54, 1.807) is 4.90 Å². The minimum atomic E-state index is -4.60. The second-order valence-electron chi connectivity index (χ2n) is 7.64. The minimum absolute atomic E-state index is 0.101. The maximum atomic E-state index is 13.6. The number of carboxylic acid groups (broad SMARTS) is 1. The quantitative estimate of drug-likeness (QED) is 0.845. The molecule has 1 aromatic rings. The van der Waals surface area contributed by atoms with Gasteiger partial charge >= 0.3 is 12.1 Å². The van der Waals surface area contributed by atoms with Crippen LogP contribution in [0, 0.1) is 17.8 Å². The first kappa shape index (κ1) is 18.1. The van der Waals surface area contributed by atoms with Gasteiger partial charge in [0.2, 0.25) is 5.95 Å². The van der Waals surface area contributed by atoms with Crippen molar-refractivity contribution in [3.8, 4) is 0 Å². The van der Waals surface area contributed by atoms with E-state index in [2.05, 4.69) is 16.5 Å². The maximum absolute atomic E-state index is 13.6. The van der Waals surface area contributed by atoms with E-state index in [0.29, 0.717) is 19.6 Å². The number of aliphatic carboxylic acids is 1. The van der Waals surface area contributed by atoms with Crippen LogP contribution in [0.5, 0.6) is 0 Å². The van der Waals surface area contributed by atoms with Crippen LogP contribution in [0.1, 0.15) is 31.0 Å². The van der Waals surface area contributed by atoms with Gasteiger partial charge in [-0.15, -0.1) is 0 Å². The molecule has 1 aliphatic carbocycles. The van der Waals surface area contributed by atoms with Gasteiger partial charge in [0.25, 0.3) is 0 Å². The summed E-state index contributed by atoms with van der Waals surface area (Å²) < 4.78 is 40.8. The predicted molar refractivity (Wildman–Crippen MR) is 93.5 cm³/mol. The topological polar surface area (TPSA) is 69.6 Å². The van der Waals surface area contributed by atoms with E-state index >= 15 is 0 Å². The van der Waals surface area contributed by atoms with Crippen LogP contribution >= 0.6 is 0 Å². The van der Waals surface area contributed by atoms with E-state index < -0.39 is 17.8 Å². The molecule has 2 saturated heterocycles. The fraction of sp³-hybridized carbons (Fsp3) is 0.611. The third-order valence-corrected chi connectivity index (χ3v) is 6.04. The zero-order chi connectivity index (χ0) is 19.5. The van der Waals surface area contributed by atoms with Crippen molar-refractivity contribution in [3.05, 3.63) is 17.8 Å². The number of carboxylic acids is 1. The number of halogens is 3. The predicted octanol–water partition coefficient (Wildman–Crippen LogP) is 2.89. The van der Waals surface area contributed by atoms with Crippen molar-refractivity contribution in [2.24, 2.45) is 17.8 Å². The molecule has 0 amide bonds. The minimum Gasteiger partial charge on any atom is -0.481 e. The second kappa shape index (κ2) is 6.10. The smallest absolute Gasteiger partial charge is 0.434 e. The lowest BCUT2D eigenvalue weighted by Crippen LogP contribution is -2.47. The molecule has 3 aliphatic rings. The summed E-state index contributed by atoms with van der Waals surface area (Å²) in [6, 6.07) is 0.112. The van der Waals surface area contributed by atoms with Gasteiger partial charge < -0.3 is 14.9 Å². The van der Waals surface area contributed by atoms with Crippen molar-refractivity contribution < 1.29 is 23.1 Å². The Balaban J connectivity index is 1.67. The number of alkyl halides is 3. The van der Waals surface area contributed by atoms with Crippen LogP contribution in [0.15, 0.2) is 6.58 Å². The molecule has 6 nitrogen and oxygen atoms in total. The molecule has 0 unspecified atom stereocenters. The zero-order valence-electron chi connectivity index (χ0n) is 14.9. The lowest BCUT2D eigenvalue weighted by atomic mass is 10.1. The molecule has 1 saturated carbocycles. The number of hydrogen-bond donors (Lipinski definition) is 1. The SMILES string of the molecule is C=Cc1c(N2C[C@@H]3[C@@H](CC(=O)O)[C@@H]3C2)nc(N2CC[C@@H]2C)nc1C(F)(F)F. The Hall–Kier alpha value is -2.32. The number of nitrogens with zero attached hydrogens (tertiary/aromatic N) is 4. The van der Waals surface area contributed by atoms with Crippen LogP contribution in [0.25, 0.3) is 6.08 Å². The van der Waals surface area contributed by atoms with Crippen molar-refractivity contribution in [1.82, 2.24) is 9.97 Å². The normalized spacial score (nSPS) is 29.3. The van der Waals surface area contributed by atoms with Crippen LogP contribution in [-0.4, -0.2) is 46.7 Å². The largest absolute Gasteiger partial charge is 0.481 e. The lowest BCUT2D eigenvalue weighted by Gasteiger charge is -2.39. The first-order valence-electron chi connectivity index (χ1n) is 9.05. The second-order valence-corrected chi connectivity index (χ2v) is 7.64. The molecule has 2 aliphatic heterocycles. The summed E-state index contributed by atoms with van der Waals surface area (Å²) in [6.45, 7) is 7.16. The Morgan fingerprint density at radius 3 is 2.44 bits per heavy atom. The van der Waals surface area contributed by atoms with Crippen molar-refractivity contribution in [1.29, 1.82) is 0 Å². The van der Waals surface area contributed by atoms with Crippen molar-refractivity contribution in [2.45, 2.75) is 32.0 Å². The molecule has 0 radical (unpaired) electrons. The van der Waals surface area contributed by atoms with E-state index in [4.69, 9.17) is 5.11 Å². The summed E-state index contributed by atoms with van der Waals surface area (Å²) in [5.74, 6) is 0.0452. The van der Waals surface area contributed by atoms with Gasteiger partial charge in [-0.05, 0) is 31.1 Å². The van der Waals surface area contributed by atoms with Gasteiger partial charge in [0, 0.05) is 37.7 Å². The summed E-state index contributed by atoms with van der Waals surface area (Å²) in [6.07, 6.45) is -2.42. The highest BCUT2D eigenvalue weighted by atomic mass is 19.4. The summed E-state index contributed by atoms with van der Waals surface area (Å²) in [5, 5.41) is 8.95. The van der Waals surface area contributed by atoms with Crippen LogP contribution < -0.4 is 9.80 Å². The standard InChI is InChI=1S/C18H21F3N4O2/c1-3-10-15(18(19,20)21)22-17(25-5-4-9(25)2)23-16(10)24-7-12-11(6-14(26)27)13(12)8-24/h3,9,11-13H,1,4-8H2,2H3,(H,26,27)/t9-,11-,12-,13+/m0/s1. The third kappa shape index (κ3) is 3.02. The molecule has 1 N–H and O–H groups in total. The number of carbonyl (C=O) groups is 1. The first-order valence-corrected chi connectivity index (χ1v) is 9.05. The maximum Gasteiger partial charge on any atom is 0.434 e. The third-order valence-electron chi connectivity index (χ3n) is 6.04. The van der Waals surface area contributed by atoms with Gasteiger partial charge in [-0.1, -0.05) is 12.7 Å². The van der Waals surface area contributed by atoms with E-state index in [1.807, 2.05) is 11.8 Å². The highest BCUT2D eigenvalue weighted by Gasteiger charge is 2.56. The first-order chi connectivity index (χ1) is 12.7. The van der Waals surface area contributed by atoms with Crippen molar-refractivity contribution >= 4 is 23.8 Å².